The fourth-order valence-electron chi connectivity index (χ4n) is 2.37. The lowest BCUT2D eigenvalue weighted by Crippen LogP contribution is -2.15. The van der Waals surface area contributed by atoms with Gasteiger partial charge < -0.3 is 5.32 Å². The van der Waals surface area contributed by atoms with E-state index in [1.807, 2.05) is 51.2 Å². The number of nitrogens with one attached hydrogen (secondary N) is 1. The van der Waals surface area contributed by atoms with E-state index >= 15 is 0 Å². The van der Waals surface area contributed by atoms with Crippen molar-refractivity contribution in [1.29, 1.82) is 0 Å². The van der Waals surface area contributed by atoms with Crippen LogP contribution in [0.1, 0.15) is 17.0 Å². The fourth-order valence-corrected chi connectivity index (χ4v) is 3.13. The van der Waals surface area contributed by atoms with Crippen LogP contribution in [0, 0.1) is 13.8 Å². The van der Waals surface area contributed by atoms with Gasteiger partial charge in [-0.25, -0.2) is 0 Å². The van der Waals surface area contributed by atoms with Crippen molar-refractivity contribution in [3.8, 4) is 10.6 Å². The molecule has 0 aliphatic rings. The van der Waals surface area contributed by atoms with Crippen LogP contribution in [0.4, 0.5) is 5.13 Å². The van der Waals surface area contributed by atoms with Crippen molar-refractivity contribution < 1.29 is 4.79 Å². The Labute approximate surface area is 138 Å². The van der Waals surface area contributed by atoms with Crippen molar-refractivity contribution in [3.63, 3.8) is 0 Å². The van der Waals surface area contributed by atoms with E-state index in [1.54, 1.807) is 4.68 Å². The van der Waals surface area contributed by atoms with E-state index in [9.17, 15) is 4.79 Å². The molecular formula is C16H17N5OS. The highest BCUT2D eigenvalue weighted by atomic mass is 32.1. The summed E-state index contributed by atoms with van der Waals surface area (Å²) in [6.45, 7) is 3.87. The molecule has 0 bridgehead atoms. The number of anilines is 1. The summed E-state index contributed by atoms with van der Waals surface area (Å²) in [4.78, 5) is 12.2. The number of hydrogen-bond donors (Lipinski definition) is 1. The minimum Gasteiger partial charge on any atom is -0.300 e. The second-order valence-corrected chi connectivity index (χ2v) is 6.25. The second kappa shape index (κ2) is 6.29. The van der Waals surface area contributed by atoms with Crippen molar-refractivity contribution in [3.05, 3.63) is 47.3 Å². The van der Waals surface area contributed by atoms with Gasteiger partial charge in [0.05, 0.1) is 12.1 Å². The first-order chi connectivity index (χ1) is 11.0. The summed E-state index contributed by atoms with van der Waals surface area (Å²) in [5.41, 5.74) is 3.82. The molecule has 1 amide bonds. The normalized spacial score (nSPS) is 10.7. The maximum Gasteiger partial charge on any atom is 0.230 e. The van der Waals surface area contributed by atoms with Gasteiger partial charge in [-0.1, -0.05) is 41.7 Å². The zero-order valence-electron chi connectivity index (χ0n) is 13.2. The van der Waals surface area contributed by atoms with Crippen LogP contribution < -0.4 is 5.32 Å². The molecule has 0 saturated carbocycles. The van der Waals surface area contributed by atoms with Gasteiger partial charge in [0.2, 0.25) is 11.0 Å². The predicted molar refractivity (Wildman–Crippen MR) is 90.4 cm³/mol. The molecule has 0 saturated heterocycles. The van der Waals surface area contributed by atoms with E-state index < -0.39 is 0 Å². The van der Waals surface area contributed by atoms with Crippen molar-refractivity contribution in [2.75, 3.05) is 5.32 Å². The Hall–Kier alpha value is -2.54. The molecule has 6 nitrogen and oxygen atoms in total. The lowest BCUT2D eigenvalue weighted by Gasteiger charge is -2.02. The second-order valence-electron chi connectivity index (χ2n) is 5.28. The number of benzene rings is 1. The van der Waals surface area contributed by atoms with E-state index in [4.69, 9.17) is 0 Å². The maximum absolute atomic E-state index is 12.2. The van der Waals surface area contributed by atoms with Crippen LogP contribution in [0.15, 0.2) is 30.3 Å². The molecule has 7 heteroatoms. The van der Waals surface area contributed by atoms with Gasteiger partial charge in [0.15, 0.2) is 0 Å². The van der Waals surface area contributed by atoms with E-state index in [1.165, 1.54) is 11.3 Å². The summed E-state index contributed by atoms with van der Waals surface area (Å²) < 4.78 is 1.79. The molecule has 2 heterocycles. The smallest absolute Gasteiger partial charge is 0.230 e. The molecule has 0 unspecified atom stereocenters. The minimum absolute atomic E-state index is 0.111. The van der Waals surface area contributed by atoms with Gasteiger partial charge >= 0.3 is 0 Å². The third-order valence-corrected chi connectivity index (χ3v) is 4.58. The molecule has 118 valence electrons. The first-order valence-corrected chi connectivity index (χ1v) is 8.04. The summed E-state index contributed by atoms with van der Waals surface area (Å²) in [6.07, 6.45) is 0.283. The summed E-state index contributed by atoms with van der Waals surface area (Å²) in [6, 6.07) is 9.78. The van der Waals surface area contributed by atoms with Crippen molar-refractivity contribution >= 4 is 22.4 Å². The monoisotopic (exact) mass is 327 g/mol. The molecule has 0 radical (unpaired) electrons. The zero-order chi connectivity index (χ0) is 16.4. The molecule has 1 N–H and O–H groups in total. The highest BCUT2D eigenvalue weighted by Gasteiger charge is 2.15. The molecule has 0 aliphatic heterocycles. The van der Waals surface area contributed by atoms with Crippen molar-refractivity contribution in [2.45, 2.75) is 20.3 Å². The van der Waals surface area contributed by atoms with Crippen LogP contribution in [0.2, 0.25) is 0 Å². The van der Waals surface area contributed by atoms with Gasteiger partial charge in [0.1, 0.15) is 5.01 Å². The molecule has 3 rings (SSSR count). The number of carbonyl (C=O) groups is 1. The molecule has 23 heavy (non-hydrogen) atoms. The fraction of sp³-hybridized carbons (Fsp3) is 0.250. The number of carbonyl (C=O) groups excluding carboxylic acids is 1. The molecular weight excluding hydrogens is 310 g/mol. The van der Waals surface area contributed by atoms with Crippen LogP contribution >= 0.6 is 11.3 Å². The molecule has 0 fully saturated rings. The lowest BCUT2D eigenvalue weighted by atomic mass is 10.1. The van der Waals surface area contributed by atoms with Gasteiger partial charge in [0.25, 0.3) is 0 Å². The number of rotatable bonds is 4. The van der Waals surface area contributed by atoms with E-state index in [0.29, 0.717) is 5.13 Å². The van der Waals surface area contributed by atoms with E-state index in [2.05, 4.69) is 20.6 Å². The van der Waals surface area contributed by atoms with Crippen molar-refractivity contribution in [2.24, 2.45) is 7.05 Å². The van der Waals surface area contributed by atoms with Gasteiger partial charge in [-0.2, -0.15) is 5.10 Å². The minimum atomic E-state index is -0.111. The third kappa shape index (κ3) is 3.29. The van der Waals surface area contributed by atoms with E-state index in [0.717, 1.165) is 27.5 Å². The van der Waals surface area contributed by atoms with Crippen LogP contribution in [0.25, 0.3) is 10.6 Å². The van der Waals surface area contributed by atoms with Crippen LogP contribution in [0.5, 0.6) is 0 Å². The van der Waals surface area contributed by atoms with Gasteiger partial charge in [0, 0.05) is 23.9 Å². The molecule has 0 spiro atoms. The van der Waals surface area contributed by atoms with Crippen LogP contribution in [-0.2, 0) is 18.3 Å². The largest absolute Gasteiger partial charge is 0.300 e. The Morgan fingerprint density at radius 2 is 1.96 bits per heavy atom. The summed E-state index contributed by atoms with van der Waals surface area (Å²) in [7, 11) is 1.88. The van der Waals surface area contributed by atoms with E-state index in [-0.39, 0.29) is 12.3 Å². The lowest BCUT2D eigenvalue weighted by molar-refractivity contribution is -0.115. The zero-order valence-corrected chi connectivity index (χ0v) is 14.0. The standard InChI is InChI=1S/C16H17N5OS/c1-10-13(11(2)21(3)20-10)9-14(22)17-16-19-18-15(23-16)12-7-5-4-6-8-12/h4-8H,9H2,1-3H3,(H,17,19,22). The molecule has 0 atom stereocenters. The van der Waals surface area contributed by atoms with Crippen LogP contribution in [-0.4, -0.2) is 25.9 Å². The summed E-state index contributed by atoms with van der Waals surface area (Å²) in [5.74, 6) is -0.111. The number of amides is 1. The molecule has 0 aliphatic carbocycles. The Bertz CT molecular complexity index is 838. The Kier molecular flexibility index (Phi) is 4.20. The number of aromatic nitrogens is 4. The first kappa shape index (κ1) is 15.4. The van der Waals surface area contributed by atoms with Gasteiger partial charge in [-0.3, -0.25) is 9.48 Å². The van der Waals surface area contributed by atoms with Crippen LogP contribution in [0.3, 0.4) is 0 Å². The molecule has 2 aromatic heterocycles. The summed E-state index contributed by atoms with van der Waals surface area (Å²) >= 11 is 1.36. The number of hydrogen-bond acceptors (Lipinski definition) is 5. The summed E-state index contributed by atoms with van der Waals surface area (Å²) in [5, 5.41) is 16.6. The number of nitrogens with zero attached hydrogens (tertiary/aromatic N) is 4. The third-order valence-electron chi connectivity index (χ3n) is 3.69. The van der Waals surface area contributed by atoms with Crippen molar-refractivity contribution in [1.82, 2.24) is 20.0 Å². The highest BCUT2D eigenvalue weighted by Crippen LogP contribution is 2.26. The topological polar surface area (TPSA) is 72.7 Å². The average molecular weight is 327 g/mol. The molecule has 1 aromatic carbocycles. The molecule has 3 aromatic rings. The average Bonchev–Trinajstić information content (AvgIpc) is 3.09. The van der Waals surface area contributed by atoms with Gasteiger partial charge in [-0.05, 0) is 13.8 Å². The maximum atomic E-state index is 12.2. The Morgan fingerprint density at radius 3 is 2.61 bits per heavy atom. The Morgan fingerprint density at radius 1 is 1.22 bits per heavy atom. The SMILES string of the molecule is Cc1nn(C)c(C)c1CC(=O)Nc1nnc(-c2ccccc2)s1. The first-order valence-electron chi connectivity index (χ1n) is 7.22. The van der Waals surface area contributed by atoms with Gasteiger partial charge in [-0.15, -0.1) is 10.2 Å². The number of aryl methyl sites for hydroxylation is 2. The highest BCUT2D eigenvalue weighted by molar-refractivity contribution is 7.18. The quantitative estimate of drug-likeness (QED) is 0.800. The Balaban J connectivity index is 1.70. The predicted octanol–water partition coefficient (Wildman–Crippen LogP) is 2.74.